The molecule has 116 valence electrons. The summed E-state index contributed by atoms with van der Waals surface area (Å²) in [5.74, 6) is -0.398. The monoisotopic (exact) mass is 355 g/mol. The number of likely N-dealkylation sites (N-methyl/N-ethyl adjacent to an activating group) is 1. The molecule has 0 unspecified atom stereocenters. The Morgan fingerprint density at radius 1 is 1.29 bits per heavy atom. The third-order valence-electron chi connectivity index (χ3n) is 3.16. The van der Waals surface area contributed by atoms with E-state index in [0.29, 0.717) is 5.69 Å². The van der Waals surface area contributed by atoms with Gasteiger partial charge in [-0.1, -0.05) is 15.9 Å². The minimum Gasteiger partial charge on any atom is -0.346 e. The van der Waals surface area contributed by atoms with Crippen LogP contribution in [0.2, 0.25) is 0 Å². The van der Waals surface area contributed by atoms with Gasteiger partial charge in [-0.2, -0.15) is 0 Å². The first-order chi connectivity index (χ1) is 9.79. The number of benzene rings is 1. The summed E-state index contributed by atoms with van der Waals surface area (Å²) in [5, 5.41) is 5.37. The Balaban J connectivity index is 2.40. The lowest BCUT2D eigenvalue weighted by Crippen LogP contribution is -2.41. The van der Waals surface area contributed by atoms with Crippen LogP contribution in [0.5, 0.6) is 0 Å². The highest BCUT2D eigenvalue weighted by molar-refractivity contribution is 9.10. The van der Waals surface area contributed by atoms with E-state index in [9.17, 15) is 9.59 Å². The molecule has 0 heterocycles. The molecule has 0 saturated heterocycles. The van der Waals surface area contributed by atoms with Gasteiger partial charge in [-0.25, -0.2) is 0 Å². The van der Waals surface area contributed by atoms with E-state index in [-0.39, 0.29) is 30.9 Å². The zero-order chi connectivity index (χ0) is 16.0. The van der Waals surface area contributed by atoms with E-state index in [2.05, 4.69) is 26.6 Å². The Hall–Kier alpha value is -1.40. The number of halogens is 1. The lowest BCUT2D eigenvalue weighted by atomic mass is 10.2. The fraction of sp³-hybridized carbons (Fsp3) is 0.467. The number of aryl methyl sites for hydroxylation is 1. The summed E-state index contributed by atoms with van der Waals surface area (Å²) < 4.78 is 0.991. The van der Waals surface area contributed by atoms with Crippen molar-refractivity contribution in [1.29, 1.82) is 0 Å². The number of nitrogens with one attached hydrogen (secondary N) is 2. The number of carbonyl (C=O) groups excluding carboxylic acids is 2. The van der Waals surface area contributed by atoms with Crippen molar-refractivity contribution in [2.24, 2.45) is 0 Å². The molecule has 0 atom stereocenters. The van der Waals surface area contributed by atoms with Crippen LogP contribution in [-0.2, 0) is 9.59 Å². The second-order valence-electron chi connectivity index (χ2n) is 5.30. The van der Waals surface area contributed by atoms with Gasteiger partial charge in [0, 0.05) is 16.2 Å². The van der Waals surface area contributed by atoms with Crippen molar-refractivity contribution >= 4 is 33.4 Å². The van der Waals surface area contributed by atoms with Crippen LogP contribution >= 0.6 is 15.9 Å². The third kappa shape index (κ3) is 6.27. The van der Waals surface area contributed by atoms with Gasteiger partial charge in [0.05, 0.1) is 13.1 Å². The lowest BCUT2D eigenvalue weighted by Gasteiger charge is -2.20. The van der Waals surface area contributed by atoms with Gasteiger partial charge in [-0.05, 0) is 51.6 Å². The average molecular weight is 356 g/mol. The molecule has 0 saturated carbocycles. The maximum atomic E-state index is 11.8. The second-order valence-corrected chi connectivity index (χ2v) is 6.15. The van der Waals surface area contributed by atoms with E-state index < -0.39 is 0 Å². The Morgan fingerprint density at radius 2 is 1.95 bits per heavy atom. The molecule has 0 aliphatic heterocycles. The number of nitrogens with zero attached hydrogens (tertiary/aromatic N) is 1. The highest BCUT2D eigenvalue weighted by Crippen LogP contribution is 2.19. The first-order valence-corrected chi connectivity index (χ1v) is 7.62. The Kier molecular flexibility index (Phi) is 6.84. The van der Waals surface area contributed by atoms with Gasteiger partial charge in [0.1, 0.15) is 0 Å². The first-order valence-electron chi connectivity index (χ1n) is 6.82. The van der Waals surface area contributed by atoms with E-state index in [0.717, 1.165) is 10.0 Å². The van der Waals surface area contributed by atoms with Crippen LogP contribution in [0.1, 0.15) is 19.4 Å². The number of hydrogen-bond donors (Lipinski definition) is 2. The van der Waals surface area contributed by atoms with Crippen LogP contribution in [0.4, 0.5) is 5.69 Å². The molecule has 1 aromatic rings. The highest BCUT2D eigenvalue weighted by atomic mass is 79.9. The van der Waals surface area contributed by atoms with E-state index in [1.165, 1.54) is 0 Å². The number of rotatable bonds is 6. The predicted octanol–water partition coefficient (Wildman–Crippen LogP) is 2.15. The van der Waals surface area contributed by atoms with Crippen molar-refractivity contribution in [3.63, 3.8) is 0 Å². The van der Waals surface area contributed by atoms with Crippen LogP contribution in [0.25, 0.3) is 0 Å². The second kappa shape index (κ2) is 8.14. The molecule has 5 nitrogen and oxygen atoms in total. The minimum absolute atomic E-state index is 0.0279. The van der Waals surface area contributed by atoms with Gasteiger partial charge in [0.25, 0.3) is 0 Å². The number of carbonyl (C=O) groups is 2. The molecule has 6 heteroatoms. The van der Waals surface area contributed by atoms with Crippen LogP contribution in [0, 0.1) is 6.92 Å². The largest absolute Gasteiger partial charge is 0.346 e. The molecule has 2 amide bonds. The maximum absolute atomic E-state index is 11.8. The van der Waals surface area contributed by atoms with Crippen LogP contribution in [0.15, 0.2) is 22.7 Å². The lowest BCUT2D eigenvalue weighted by molar-refractivity contribution is -0.125. The van der Waals surface area contributed by atoms with Crippen molar-refractivity contribution in [3.8, 4) is 0 Å². The predicted molar refractivity (Wildman–Crippen MR) is 88.3 cm³/mol. The summed E-state index contributed by atoms with van der Waals surface area (Å²) in [4.78, 5) is 25.4. The SMILES string of the molecule is Cc1cc(NC(=O)CNC(=O)CN(C)C(C)C)ccc1Br. The van der Waals surface area contributed by atoms with E-state index >= 15 is 0 Å². The fourth-order valence-electron chi connectivity index (χ4n) is 1.57. The first kappa shape index (κ1) is 17.7. The molecule has 0 radical (unpaired) electrons. The molecule has 0 fully saturated rings. The van der Waals surface area contributed by atoms with Crippen LogP contribution in [-0.4, -0.2) is 42.9 Å². The maximum Gasteiger partial charge on any atom is 0.243 e. The van der Waals surface area contributed by atoms with E-state index in [1.807, 2.05) is 50.9 Å². The summed E-state index contributed by atoms with van der Waals surface area (Å²) in [6.45, 7) is 6.22. The molecule has 0 aliphatic rings. The van der Waals surface area contributed by atoms with E-state index in [1.54, 1.807) is 0 Å². The summed E-state index contributed by atoms with van der Waals surface area (Å²) in [5.41, 5.74) is 1.75. The topological polar surface area (TPSA) is 61.4 Å². The Morgan fingerprint density at radius 3 is 2.52 bits per heavy atom. The van der Waals surface area contributed by atoms with Crippen molar-refractivity contribution < 1.29 is 9.59 Å². The highest BCUT2D eigenvalue weighted by Gasteiger charge is 2.10. The smallest absolute Gasteiger partial charge is 0.243 e. The van der Waals surface area contributed by atoms with Crippen molar-refractivity contribution in [1.82, 2.24) is 10.2 Å². The van der Waals surface area contributed by atoms with Crippen molar-refractivity contribution in [3.05, 3.63) is 28.2 Å². The molecule has 21 heavy (non-hydrogen) atoms. The number of anilines is 1. The van der Waals surface area contributed by atoms with Crippen molar-refractivity contribution in [2.45, 2.75) is 26.8 Å². The van der Waals surface area contributed by atoms with E-state index in [4.69, 9.17) is 0 Å². The third-order valence-corrected chi connectivity index (χ3v) is 4.05. The zero-order valence-corrected chi connectivity index (χ0v) is 14.5. The molecule has 0 aromatic heterocycles. The fourth-order valence-corrected chi connectivity index (χ4v) is 1.82. The molecular weight excluding hydrogens is 334 g/mol. The summed E-state index contributed by atoms with van der Waals surface area (Å²) in [7, 11) is 1.87. The summed E-state index contributed by atoms with van der Waals surface area (Å²) in [6.07, 6.45) is 0. The van der Waals surface area contributed by atoms with Crippen LogP contribution in [0.3, 0.4) is 0 Å². The van der Waals surface area contributed by atoms with Gasteiger partial charge in [0.2, 0.25) is 11.8 Å². The molecule has 0 aliphatic carbocycles. The Bertz CT molecular complexity index is 518. The summed E-state index contributed by atoms with van der Waals surface area (Å²) in [6, 6.07) is 5.84. The Labute approximate surface area is 134 Å². The molecule has 1 rings (SSSR count). The molecule has 2 N–H and O–H groups in total. The quantitative estimate of drug-likeness (QED) is 0.821. The minimum atomic E-state index is -0.239. The zero-order valence-electron chi connectivity index (χ0n) is 12.9. The molecule has 0 bridgehead atoms. The summed E-state index contributed by atoms with van der Waals surface area (Å²) >= 11 is 3.41. The number of amides is 2. The van der Waals surface area contributed by atoms with Gasteiger partial charge >= 0.3 is 0 Å². The standard InChI is InChI=1S/C15H22BrN3O2/c1-10(2)19(4)9-15(21)17-8-14(20)18-12-5-6-13(16)11(3)7-12/h5-7,10H,8-9H2,1-4H3,(H,17,21)(H,18,20). The molecule has 0 spiro atoms. The van der Waals surface area contributed by atoms with Crippen molar-refractivity contribution in [2.75, 3.05) is 25.5 Å². The van der Waals surface area contributed by atoms with Gasteiger partial charge < -0.3 is 10.6 Å². The molecule has 1 aromatic carbocycles. The average Bonchev–Trinajstić information content (AvgIpc) is 2.40. The number of hydrogen-bond acceptors (Lipinski definition) is 3. The molecular formula is C15H22BrN3O2. The van der Waals surface area contributed by atoms with Crippen LogP contribution < -0.4 is 10.6 Å². The van der Waals surface area contributed by atoms with Gasteiger partial charge in [0.15, 0.2) is 0 Å². The van der Waals surface area contributed by atoms with Gasteiger partial charge in [-0.3, -0.25) is 14.5 Å². The van der Waals surface area contributed by atoms with Gasteiger partial charge in [-0.15, -0.1) is 0 Å². The normalized spacial score (nSPS) is 10.8.